The summed E-state index contributed by atoms with van der Waals surface area (Å²) in [5, 5.41) is 12.7. The molecule has 3 aromatic rings. The second-order valence-corrected chi connectivity index (χ2v) is 5.40. The molecule has 2 aromatic heterocycles. The van der Waals surface area contributed by atoms with Crippen LogP contribution in [0.5, 0.6) is 11.5 Å². The van der Waals surface area contributed by atoms with E-state index in [-0.39, 0.29) is 62.3 Å². The summed E-state index contributed by atoms with van der Waals surface area (Å²) < 4.78 is 10.5. The van der Waals surface area contributed by atoms with E-state index in [1.807, 2.05) is 0 Å². The molecule has 0 amide bonds. The minimum atomic E-state index is -1.38. The Balaban J connectivity index is 0.00000225. The fourth-order valence-electron chi connectivity index (χ4n) is 3.02. The van der Waals surface area contributed by atoms with Gasteiger partial charge in [-0.1, -0.05) is 0 Å². The molecular formula is C17H15KN2O5. The van der Waals surface area contributed by atoms with Crippen LogP contribution in [0.2, 0.25) is 0 Å². The molecule has 0 bridgehead atoms. The summed E-state index contributed by atoms with van der Waals surface area (Å²) in [6.07, 6.45) is 0. The van der Waals surface area contributed by atoms with Crippen molar-refractivity contribution in [3.63, 3.8) is 0 Å². The SMILES string of the molecule is COc1cc2[nH]c(=O)c3c(C)nc(C)c(C(=O)[O-])c3c2cc1OC.[K+]. The Morgan fingerprint density at radius 3 is 2.24 bits per heavy atom. The first-order chi connectivity index (χ1) is 11.4. The third-order valence-corrected chi connectivity index (χ3v) is 4.03. The zero-order valence-electron chi connectivity index (χ0n) is 14.6. The topological polar surface area (TPSA) is 104 Å². The smallest absolute Gasteiger partial charge is 0.545 e. The number of aromatic nitrogens is 2. The van der Waals surface area contributed by atoms with E-state index in [1.165, 1.54) is 14.2 Å². The Labute approximate surface area is 185 Å². The Bertz CT molecular complexity index is 1060. The number of nitrogens with zero attached hydrogens (tertiary/aromatic N) is 1. The molecule has 25 heavy (non-hydrogen) atoms. The number of methoxy groups -OCH3 is 2. The molecule has 7 nitrogen and oxygen atoms in total. The van der Waals surface area contributed by atoms with Crippen LogP contribution in [0.1, 0.15) is 21.7 Å². The van der Waals surface area contributed by atoms with Gasteiger partial charge >= 0.3 is 51.4 Å². The minimum Gasteiger partial charge on any atom is -0.545 e. The predicted octanol–water partition coefficient (Wildman–Crippen LogP) is -1.92. The van der Waals surface area contributed by atoms with Gasteiger partial charge in [-0.3, -0.25) is 9.78 Å². The molecule has 0 saturated heterocycles. The summed E-state index contributed by atoms with van der Waals surface area (Å²) >= 11 is 0. The summed E-state index contributed by atoms with van der Waals surface area (Å²) in [5.41, 5.74) is 0.668. The van der Waals surface area contributed by atoms with Crippen molar-refractivity contribution in [1.82, 2.24) is 9.97 Å². The van der Waals surface area contributed by atoms with Gasteiger partial charge in [-0.15, -0.1) is 0 Å². The number of H-pyrrole nitrogens is 1. The van der Waals surface area contributed by atoms with Crippen LogP contribution in [0, 0.1) is 13.8 Å². The number of aromatic carboxylic acids is 1. The monoisotopic (exact) mass is 366 g/mol. The number of carbonyl (C=O) groups excluding carboxylic acids is 1. The number of nitrogens with one attached hydrogen (secondary N) is 1. The van der Waals surface area contributed by atoms with E-state index in [1.54, 1.807) is 26.0 Å². The molecule has 3 rings (SSSR count). The maximum absolute atomic E-state index is 12.5. The Kier molecular flexibility index (Phi) is 5.90. The van der Waals surface area contributed by atoms with Crippen molar-refractivity contribution in [1.29, 1.82) is 0 Å². The van der Waals surface area contributed by atoms with Crippen molar-refractivity contribution < 1.29 is 70.8 Å². The van der Waals surface area contributed by atoms with Crippen LogP contribution < -0.4 is 71.5 Å². The second kappa shape index (κ2) is 7.42. The molecule has 0 fully saturated rings. The number of hydrogen-bond donors (Lipinski definition) is 1. The summed E-state index contributed by atoms with van der Waals surface area (Å²) in [4.78, 5) is 31.0. The number of pyridine rings is 2. The second-order valence-electron chi connectivity index (χ2n) is 5.40. The van der Waals surface area contributed by atoms with Gasteiger partial charge in [-0.05, 0) is 19.9 Å². The molecule has 1 N–H and O–H groups in total. The van der Waals surface area contributed by atoms with E-state index in [0.717, 1.165) is 0 Å². The van der Waals surface area contributed by atoms with Crippen molar-refractivity contribution in [3.8, 4) is 11.5 Å². The molecule has 1 aromatic carbocycles. The maximum Gasteiger partial charge on any atom is 1.00 e. The van der Waals surface area contributed by atoms with Crippen LogP contribution in [0.3, 0.4) is 0 Å². The van der Waals surface area contributed by atoms with Crippen LogP contribution in [0.4, 0.5) is 0 Å². The van der Waals surface area contributed by atoms with Crippen molar-refractivity contribution in [2.45, 2.75) is 13.8 Å². The van der Waals surface area contributed by atoms with E-state index >= 15 is 0 Å². The normalized spacial score (nSPS) is 10.6. The molecule has 0 unspecified atom stereocenters. The first kappa shape index (κ1) is 19.9. The quantitative estimate of drug-likeness (QED) is 0.428. The summed E-state index contributed by atoms with van der Waals surface area (Å²) in [7, 11) is 2.96. The third kappa shape index (κ3) is 3.20. The molecule has 0 atom stereocenters. The molecule has 8 heteroatoms. The van der Waals surface area contributed by atoms with Gasteiger partial charge in [0.05, 0.1) is 36.8 Å². The molecule has 124 valence electrons. The van der Waals surface area contributed by atoms with Gasteiger partial charge in [0.15, 0.2) is 11.5 Å². The number of aryl methyl sites for hydroxylation is 2. The van der Waals surface area contributed by atoms with Gasteiger partial charge < -0.3 is 24.4 Å². The fraction of sp³-hybridized carbons (Fsp3) is 0.235. The molecule has 2 heterocycles. The number of ether oxygens (including phenoxy) is 2. The maximum atomic E-state index is 12.5. The summed E-state index contributed by atoms with van der Waals surface area (Å²) in [6, 6.07) is 3.23. The van der Waals surface area contributed by atoms with Gasteiger partial charge in [0.1, 0.15) is 0 Å². The molecule has 0 radical (unpaired) electrons. The minimum absolute atomic E-state index is 0. The average molecular weight is 366 g/mol. The van der Waals surface area contributed by atoms with E-state index < -0.39 is 11.5 Å². The molecule has 0 spiro atoms. The van der Waals surface area contributed by atoms with Crippen molar-refractivity contribution in [2.75, 3.05) is 14.2 Å². The third-order valence-electron chi connectivity index (χ3n) is 4.03. The number of carboxylic acid groups (broad SMARTS) is 1. The van der Waals surface area contributed by atoms with Crippen molar-refractivity contribution >= 4 is 27.6 Å². The number of hydrogen-bond acceptors (Lipinski definition) is 6. The van der Waals surface area contributed by atoms with Crippen molar-refractivity contribution in [3.05, 3.63) is 39.4 Å². The molecule has 0 aliphatic rings. The standard InChI is InChI=1S/C17H16N2O5.K/c1-7-13-15(14(17(21)22)8(2)18-7)9-5-11(23-3)12(24-4)6-10(9)19-16(13)20;/h5-6H,1-4H3,(H,19,20)(H,21,22);/q;+1/p-1. The number of carboxylic acids is 1. The molecule has 0 aliphatic heterocycles. The van der Waals surface area contributed by atoms with Crippen LogP contribution in [0.15, 0.2) is 16.9 Å². The molecule has 0 saturated carbocycles. The predicted molar refractivity (Wildman–Crippen MR) is 86.8 cm³/mol. The largest absolute Gasteiger partial charge is 1.00 e. The number of carbonyl (C=O) groups is 1. The molecular weight excluding hydrogens is 351 g/mol. The Morgan fingerprint density at radius 1 is 1.08 bits per heavy atom. The van der Waals surface area contributed by atoms with E-state index in [0.29, 0.717) is 39.2 Å². The summed E-state index contributed by atoms with van der Waals surface area (Å²) in [5.74, 6) is -0.529. The summed E-state index contributed by atoms with van der Waals surface area (Å²) in [6.45, 7) is 3.24. The Hall–Kier alpha value is -1.45. The average Bonchev–Trinajstić information content (AvgIpc) is 2.52. The van der Waals surface area contributed by atoms with Gasteiger partial charge in [-0.2, -0.15) is 0 Å². The van der Waals surface area contributed by atoms with E-state index in [9.17, 15) is 14.7 Å². The first-order valence-electron chi connectivity index (χ1n) is 7.19. The Morgan fingerprint density at radius 2 is 1.68 bits per heavy atom. The van der Waals surface area contributed by atoms with Crippen LogP contribution >= 0.6 is 0 Å². The fourth-order valence-corrected chi connectivity index (χ4v) is 3.02. The number of fused-ring (bicyclic) bond motifs is 3. The zero-order chi connectivity index (χ0) is 17.6. The zero-order valence-corrected chi connectivity index (χ0v) is 17.8. The van der Waals surface area contributed by atoms with Crippen LogP contribution in [-0.4, -0.2) is 30.2 Å². The number of aromatic amines is 1. The van der Waals surface area contributed by atoms with Gasteiger partial charge in [0.25, 0.3) is 5.56 Å². The first-order valence-corrected chi connectivity index (χ1v) is 7.19. The van der Waals surface area contributed by atoms with E-state index in [4.69, 9.17) is 9.47 Å². The van der Waals surface area contributed by atoms with Gasteiger partial charge in [0, 0.05) is 28.1 Å². The van der Waals surface area contributed by atoms with Gasteiger partial charge in [-0.25, -0.2) is 0 Å². The van der Waals surface area contributed by atoms with Crippen LogP contribution in [-0.2, 0) is 0 Å². The van der Waals surface area contributed by atoms with Crippen LogP contribution in [0.25, 0.3) is 21.7 Å². The number of rotatable bonds is 3. The van der Waals surface area contributed by atoms with Gasteiger partial charge in [0.2, 0.25) is 0 Å². The van der Waals surface area contributed by atoms with Crippen molar-refractivity contribution in [2.24, 2.45) is 0 Å². The molecule has 0 aliphatic carbocycles. The number of benzene rings is 1. The van der Waals surface area contributed by atoms with E-state index in [2.05, 4.69) is 9.97 Å².